The van der Waals surface area contributed by atoms with Gasteiger partial charge in [-0.25, -0.2) is 0 Å². The Morgan fingerprint density at radius 3 is 2.84 bits per heavy atom. The van der Waals surface area contributed by atoms with Gasteiger partial charge in [-0.2, -0.15) is 0 Å². The summed E-state index contributed by atoms with van der Waals surface area (Å²) in [5.41, 5.74) is 3.07. The maximum atomic E-state index is 12.1. The zero-order chi connectivity index (χ0) is 13.1. The Bertz CT molecular complexity index is 580. The van der Waals surface area contributed by atoms with Crippen molar-refractivity contribution in [2.75, 3.05) is 0 Å². The average molecular weight is 252 g/mol. The monoisotopic (exact) mass is 252 g/mol. The first-order valence-electron chi connectivity index (χ1n) is 6.64. The fraction of sp³-hybridized carbons (Fsp3) is 0.250. The molecular weight excluding hydrogens is 236 g/mol. The summed E-state index contributed by atoms with van der Waals surface area (Å²) in [6.07, 6.45) is 4.86. The van der Waals surface area contributed by atoms with E-state index < -0.39 is 0 Å². The highest BCUT2D eigenvalue weighted by Crippen LogP contribution is 2.29. The second kappa shape index (κ2) is 5.22. The number of rotatable bonds is 2. The third kappa shape index (κ3) is 2.50. The molecule has 0 bridgehead atoms. The molecule has 0 aliphatic heterocycles. The number of carbonyl (C=O) groups excluding carboxylic acids is 1. The fourth-order valence-corrected chi connectivity index (χ4v) is 2.63. The molecule has 0 saturated heterocycles. The fourth-order valence-electron chi connectivity index (χ4n) is 2.63. The van der Waals surface area contributed by atoms with E-state index >= 15 is 0 Å². The van der Waals surface area contributed by atoms with Crippen molar-refractivity contribution in [3.8, 4) is 0 Å². The van der Waals surface area contributed by atoms with Crippen molar-refractivity contribution in [3.05, 3.63) is 65.5 Å². The molecular formula is C16H16N2O. The Morgan fingerprint density at radius 2 is 2.00 bits per heavy atom. The van der Waals surface area contributed by atoms with E-state index in [9.17, 15) is 4.79 Å². The van der Waals surface area contributed by atoms with Gasteiger partial charge in [0.25, 0.3) is 5.91 Å². The summed E-state index contributed by atoms with van der Waals surface area (Å²) >= 11 is 0. The molecule has 96 valence electrons. The summed E-state index contributed by atoms with van der Waals surface area (Å²) in [5, 5.41) is 3.09. The van der Waals surface area contributed by atoms with Crippen molar-refractivity contribution >= 4 is 5.91 Å². The lowest BCUT2D eigenvalue weighted by Crippen LogP contribution is -2.31. The summed E-state index contributed by atoms with van der Waals surface area (Å²) in [4.78, 5) is 16.2. The molecule has 1 N–H and O–H groups in total. The molecule has 0 unspecified atom stereocenters. The maximum absolute atomic E-state index is 12.1. The van der Waals surface area contributed by atoms with E-state index in [-0.39, 0.29) is 11.9 Å². The van der Waals surface area contributed by atoms with E-state index in [4.69, 9.17) is 0 Å². The minimum absolute atomic E-state index is 0.0951. The molecule has 0 radical (unpaired) electrons. The Kier molecular flexibility index (Phi) is 3.27. The lowest BCUT2D eigenvalue weighted by molar-refractivity contribution is 0.0927. The van der Waals surface area contributed by atoms with Crippen LogP contribution in [0.5, 0.6) is 0 Å². The molecule has 19 heavy (non-hydrogen) atoms. The minimum Gasteiger partial charge on any atom is -0.344 e. The second-order valence-electron chi connectivity index (χ2n) is 4.83. The van der Waals surface area contributed by atoms with Crippen LogP contribution in [0.4, 0.5) is 0 Å². The zero-order valence-corrected chi connectivity index (χ0v) is 10.7. The Hall–Kier alpha value is -2.16. The minimum atomic E-state index is -0.0951. The average Bonchev–Trinajstić information content (AvgIpc) is 2.48. The van der Waals surface area contributed by atoms with Gasteiger partial charge in [-0.05, 0) is 42.5 Å². The molecule has 2 aromatic rings. The van der Waals surface area contributed by atoms with Crippen LogP contribution in [-0.2, 0) is 6.42 Å². The number of nitrogens with zero attached hydrogens (tertiary/aromatic N) is 1. The van der Waals surface area contributed by atoms with Gasteiger partial charge in [-0.1, -0.05) is 30.3 Å². The number of benzene rings is 1. The van der Waals surface area contributed by atoms with Crippen LogP contribution in [0.3, 0.4) is 0 Å². The Labute approximate surface area is 112 Å². The first-order chi connectivity index (χ1) is 9.34. The molecule has 1 amide bonds. The highest BCUT2D eigenvalue weighted by atomic mass is 16.1. The molecule has 1 atom stereocenters. The van der Waals surface area contributed by atoms with Gasteiger partial charge in [-0.3, -0.25) is 9.78 Å². The van der Waals surface area contributed by atoms with Gasteiger partial charge in [0.2, 0.25) is 0 Å². The third-order valence-electron chi connectivity index (χ3n) is 3.57. The van der Waals surface area contributed by atoms with Gasteiger partial charge in [0.15, 0.2) is 0 Å². The molecule has 1 heterocycles. The summed E-state index contributed by atoms with van der Waals surface area (Å²) in [6, 6.07) is 13.8. The van der Waals surface area contributed by atoms with Crippen molar-refractivity contribution < 1.29 is 4.79 Å². The number of fused-ring (bicyclic) bond motifs is 1. The molecule has 1 aliphatic rings. The van der Waals surface area contributed by atoms with E-state index in [1.54, 1.807) is 12.3 Å². The summed E-state index contributed by atoms with van der Waals surface area (Å²) < 4.78 is 0. The van der Waals surface area contributed by atoms with Crippen LogP contribution in [0, 0.1) is 0 Å². The first-order valence-corrected chi connectivity index (χ1v) is 6.64. The van der Waals surface area contributed by atoms with Crippen LogP contribution in [0.15, 0.2) is 48.7 Å². The Balaban J connectivity index is 1.80. The van der Waals surface area contributed by atoms with Crippen LogP contribution >= 0.6 is 0 Å². The Morgan fingerprint density at radius 1 is 1.16 bits per heavy atom. The largest absolute Gasteiger partial charge is 0.344 e. The van der Waals surface area contributed by atoms with Gasteiger partial charge < -0.3 is 5.32 Å². The van der Waals surface area contributed by atoms with E-state index in [0.717, 1.165) is 19.3 Å². The van der Waals surface area contributed by atoms with Crippen LogP contribution in [0.25, 0.3) is 0 Å². The number of aromatic nitrogens is 1. The maximum Gasteiger partial charge on any atom is 0.270 e. The molecule has 3 nitrogen and oxygen atoms in total. The van der Waals surface area contributed by atoms with E-state index in [1.807, 2.05) is 18.2 Å². The standard InChI is InChI=1S/C16H16N2O/c19-16(15-9-3-4-11-17-15)18-14-10-5-7-12-6-1-2-8-13(12)14/h1-4,6,8-9,11,14H,5,7,10H2,(H,18,19)/t14-/m1/s1. The second-order valence-corrected chi connectivity index (χ2v) is 4.83. The van der Waals surface area contributed by atoms with Crippen LogP contribution in [0.1, 0.15) is 40.5 Å². The molecule has 0 fully saturated rings. The predicted octanol–water partition coefficient (Wildman–Crippen LogP) is 2.89. The molecule has 0 saturated carbocycles. The molecule has 3 rings (SSSR count). The number of amides is 1. The number of carbonyl (C=O) groups is 1. The van der Waals surface area contributed by atoms with Gasteiger partial charge in [-0.15, -0.1) is 0 Å². The van der Waals surface area contributed by atoms with Crippen molar-refractivity contribution in [2.45, 2.75) is 25.3 Å². The predicted molar refractivity (Wildman–Crippen MR) is 73.8 cm³/mol. The van der Waals surface area contributed by atoms with Crippen LogP contribution < -0.4 is 5.32 Å². The lowest BCUT2D eigenvalue weighted by Gasteiger charge is -2.26. The first kappa shape index (κ1) is 11.9. The van der Waals surface area contributed by atoms with Gasteiger partial charge in [0, 0.05) is 6.20 Å². The summed E-state index contributed by atoms with van der Waals surface area (Å²) in [5.74, 6) is -0.0951. The topological polar surface area (TPSA) is 42.0 Å². The molecule has 1 aromatic carbocycles. The molecule has 0 spiro atoms. The van der Waals surface area contributed by atoms with Crippen molar-refractivity contribution in [3.63, 3.8) is 0 Å². The normalized spacial score (nSPS) is 17.6. The van der Waals surface area contributed by atoms with Crippen molar-refractivity contribution in [1.29, 1.82) is 0 Å². The third-order valence-corrected chi connectivity index (χ3v) is 3.57. The number of hydrogen-bond donors (Lipinski definition) is 1. The van der Waals surface area contributed by atoms with E-state index in [1.165, 1.54) is 11.1 Å². The number of aryl methyl sites for hydroxylation is 1. The smallest absolute Gasteiger partial charge is 0.270 e. The van der Waals surface area contributed by atoms with Crippen LogP contribution in [0.2, 0.25) is 0 Å². The summed E-state index contributed by atoms with van der Waals surface area (Å²) in [6.45, 7) is 0. The molecule has 1 aromatic heterocycles. The number of hydrogen-bond acceptors (Lipinski definition) is 2. The number of nitrogens with one attached hydrogen (secondary N) is 1. The molecule has 1 aliphatic carbocycles. The summed E-state index contributed by atoms with van der Waals surface area (Å²) in [7, 11) is 0. The zero-order valence-electron chi connectivity index (χ0n) is 10.7. The highest BCUT2D eigenvalue weighted by molar-refractivity contribution is 5.92. The van der Waals surface area contributed by atoms with Gasteiger partial charge >= 0.3 is 0 Å². The van der Waals surface area contributed by atoms with Crippen LogP contribution in [-0.4, -0.2) is 10.9 Å². The van der Waals surface area contributed by atoms with Gasteiger partial charge in [0.05, 0.1) is 6.04 Å². The van der Waals surface area contributed by atoms with E-state index in [0.29, 0.717) is 5.69 Å². The van der Waals surface area contributed by atoms with Gasteiger partial charge in [0.1, 0.15) is 5.69 Å². The quantitative estimate of drug-likeness (QED) is 0.893. The SMILES string of the molecule is O=C(N[C@@H]1CCCc2ccccc21)c1ccccn1. The van der Waals surface area contributed by atoms with Crippen molar-refractivity contribution in [2.24, 2.45) is 0 Å². The number of pyridine rings is 1. The van der Waals surface area contributed by atoms with E-state index in [2.05, 4.69) is 28.5 Å². The highest BCUT2D eigenvalue weighted by Gasteiger charge is 2.21. The lowest BCUT2D eigenvalue weighted by atomic mass is 9.87. The van der Waals surface area contributed by atoms with Crippen molar-refractivity contribution in [1.82, 2.24) is 10.3 Å². The molecule has 3 heteroatoms.